The van der Waals surface area contributed by atoms with Gasteiger partial charge in [0.15, 0.2) is 0 Å². The van der Waals surface area contributed by atoms with Crippen LogP contribution in [0.2, 0.25) is 4.34 Å². The number of carbonyl (C=O) groups excluding carboxylic acids is 1. The Morgan fingerprint density at radius 2 is 1.72 bits per heavy atom. The molecule has 1 N–H and O–H groups in total. The van der Waals surface area contributed by atoms with E-state index in [2.05, 4.69) is 5.32 Å². The minimum Gasteiger partial charge on any atom is -0.378 e. The molecule has 0 spiro atoms. The highest BCUT2D eigenvalue weighted by molar-refractivity contribution is 7.84. The van der Waals surface area contributed by atoms with E-state index in [4.69, 9.17) is 11.6 Å². The first-order valence-corrected chi connectivity index (χ1v) is 10.3. The Balaban J connectivity index is 1.95. The van der Waals surface area contributed by atoms with Crippen LogP contribution in [0.1, 0.15) is 0 Å². The van der Waals surface area contributed by atoms with Crippen LogP contribution in [0, 0.1) is 0 Å². The molecule has 0 saturated heterocycles. The van der Waals surface area contributed by atoms with Gasteiger partial charge in [0.05, 0.1) is 10.9 Å². The average Bonchev–Trinajstić information content (AvgIpc) is 3.02. The van der Waals surface area contributed by atoms with E-state index in [1.54, 1.807) is 6.26 Å². The molecule has 0 radical (unpaired) electrons. The minimum absolute atomic E-state index is 0.292. The molecule has 0 saturated carbocycles. The molecule has 1 unspecified atom stereocenters. The van der Waals surface area contributed by atoms with E-state index in [9.17, 15) is 9.00 Å². The van der Waals surface area contributed by atoms with Crippen LogP contribution in [0.3, 0.4) is 0 Å². The maximum absolute atomic E-state index is 11.6. The van der Waals surface area contributed by atoms with Crippen LogP contribution >= 0.6 is 22.9 Å². The first kappa shape index (κ1) is 17.9. The van der Waals surface area contributed by atoms with Crippen LogP contribution in [-0.2, 0) is 15.6 Å². The lowest BCUT2D eigenvalue weighted by Gasteiger charge is -2.07. The average molecular weight is 390 g/mol. The summed E-state index contributed by atoms with van der Waals surface area (Å²) in [5, 5.41) is 3.02. The molecule has 3 rings (SSSR count). The van der Waals surface area contributed by atoms with E-state index in [-0.39, 0.29) is 0 Å². The van der Waals surface area contributed by atoms with Gasteiger partial charge >= 0.3 is 0 Å². The van der Waals surface area contributed by atoms with E-state index in [0.29, 0.717) is 6.54 Å². The number of hydrogen-bond donors (Lipinski definition) is 1. The summed E-state index contributed by atoms with van der Waals surface area (Å²) in [6, 6.07) is 17.6. The molecule has 2 aromatic carbocycles. The Hall–Kier alpha value is -1.95. The van der Waals surface area contributed by atoms with Gasteiger partial charge in [-0.15, -0.1) is 11.3 Å². The fourth-order valence-corrected chi connectivity index (χ4v) is 4.29. The quantitative estimate of drug-likeness (QED) is 0.597. The van der Waals surface area contributed by atoms with Crippen molar-refractivity contribution >= 4 is 45.7 Å². The Bertz CT molecular complexity index is 902. The smallest absolute Gasteiger partial charge is 0.139 e. The van der Waals surface area contributed by atoms with Crippen molar-refractivity contribution in [2.45, 2.75) is 4.90 Å². The Labute approximate surface area is 158 Å². The molecule has 0 aliphatic heterocycles. The van der Waals surface area contributed by atoms with Crippen molar-refractivity contribution in [3.63, 3.8) is 0 Å². The summed E-state index contributed by atoms with van der Waals surface area (Å²) in [5.74, 6) is 0. The third-order valence-electron chi connectivity index (χ3n) is 3.74. The summed E-state index contributed by atoms with van der Waals surface area (Å²) >= 11 is 7.79. The van der Waals surface area contributed by atoms with Gasteiger partial charge in [0.1, 0.15) is 6.29 Å². The number of rotatable bonds is 6. The van der Waals surface area contributed by atoms with Gasteiger partial charge in [-0.1, -0.05) is 35.9 Å². The highest BCUT2D eigenvalue weighted by atomic mass is 35.5. The molecule has 128 valence electrons. The summed E-state index contributed by atoms with van der Waals surface area (Å²) in [7, 11) is -0.991. The second kappa shape index (κ2) is 7.95. The van der Waals surface area contributed by atoms with Crippen molar-refractivity contribution in [3.05, 3.63) is 58.9 Å². The summed E-state index contributed by atoms with van der Waals surface area (Å²) in [6.45, 7) is 0.292. The molecule has 1 atom stereocenters. The normalized spacial score (nSPS) is 11.9. The molecule has 1 heterocycles. The van der Waals surface area contributed by atoms with Crippen LogP contribution in [0.25, 0.3) is 21.6 Å². The lowest BCUT2D eigenvalue weighted by Crippen LogP contribution is -2.01. The van der Waals surface area contributed by atoms with Gasteiger partial charge in [-0.2, -0.15) is 0 Å². The number of aldehydes is 1. The van der Waals surface area contributed by atoms with E-state index in [1.807, 2.05) is 54.6 Å². The van der Waals surface area contributed by atoms with Crippen molar-refractivity contribution in [2.24, 2.45) is 0 Å². The number of benzene rings is 2. The van der Waals surface area contributed by atoms with E-state index in [0.717, 1.165) is 42.8 Å². The highest BCUT2D eigenvalue weighted by Crippen LogP contribution is 2.41. The first-order chi connectivity index (χ1) is 12.1. The predicted molar refractivity (Wildman–Crippen MR) is 107 cm³/mol. The van der Waals surface area contributed by atoms with E-state index >= 15 is 0 Å². The van der Waals surface area contributed by atoms with Gasteiger partial charge in [-0.3, -0.25) is 4.21 Å². The molecule has 0 amide bonds. The maximum atomic E-state index is 11.6. The SMILES string of the molecule is CS(=O)c1ccc(-c2cc(Cl)sc2-c2ccc(NCC=O)cc2)cc1. The molecular weight excluding hydrogens is 374 g/mol. The monoisotopic (exact) mass is 389 g/mol. The molecule has 0 fully saturated rings. The summed E-state index contributed by atoms with van der Waals surface area (Å²) < 4.78 is 12.3. The standard InChI is InChI=1S/C19H16ClNO2S2/c1-25(23)16-8-4-13(5-9-16)17-12-18(20)24-19(17)14-2-6-15(7-3-14)21-10-11-22/h2-9,11-12,21H,10H2,1H3. The minimum atomic E-state index is -0.991. The van der Waals surface area contributed by atoms with Crippen molar-refractivity contribution in [2.75, 3.05) is 18.1 Å². The third-order valence-corrected chi connectivity index (χ3v) is 5.99. The molecule has 1 aromatic heterocycles. The molecular formula is C19H16ClNO2S2. The van der Waals surface area contributed by atoms with Gasteiger partial charge in [-0.05, 0) is 41.5 Å². The lowest BCUT2D eigenvalue weighted by atomic mass is 10.0. The first-order valence-electron chi connectivity index (χ1n) is 7.59. The van der Waals surface area contributed by atoms with Crippen molar-refractivity contribution < 1.29 is 9.00 Å². The van der Waals surface area contributed by atoms with Crippen LogP contribution in [0.5, 0.6) is 0 Å². The molecule has 6 heteroatoms. The fraction of sp³-hybridized carbons (Fsp3) is 0.105. The lowest BCUT2D eigenvalue weighted by molar-refractivity contribution is -0.106. The number of hydrogen-bond acceptors (Lipinski definition) is 4. The zero-order valence-electron chi connectivity index (χ0n) is 13.5. The van der Waals surface area contributed by atoms with Gasteiger partial charge in [-0.25, -0.2) is 0 Å². The van der Waals surface area contributed by atoms with Crippen molar-refractivity contribution in [1.29, 1.82) is 0 Å². The van der Waals surface area contributed by atoms with Crippen LogP contribution in [-0.4, -0.2) is 23.3 Å². The molecule has 0 aliphatic carbocycles. The second-order valence-corrected chi connectivity index (χ2v) is 8.46. The largest absolute Gasteiger partial charge is 0.378 e. The summed E-state index contributed by atoms with van der Waals surface area (Å²) in [5.41, 5.74) is 4.05. The fourth-order valence-electron chi connectivity index (χ4n) is 2.51. The molecule has 3 nitrogen and oxygen atoms in total. The third kappa shape index (κ3) is 4.18. The number of nitrogens with one attached hydrogen (secondary N) is 1. The molecule has 3 aromatic rings. The van der Waals surface area contributed by atoms with Crippen LogP contribution in [0.15, 0.2) is 59.5 Å². The van der Waals surface area contributed by atoms with E-state index in [1.165, 1.54) is 11.3 Å². The van der Waals surface area contributed by atoms with Gasteiger partial charge in [0.25, 0.3) is 0 Å². The summed E-state index contributed by atoms with van der Waals surface area (Å²) in [4.78, 5) is 12.3. The van der Waals surface area contributed by atoms with Gasteiger partial charge < -0.3 is 10.1 Å². The Kier molecular flexibility index (Phi) is 5.68. The molecule has 0 aliphatic rings. The molecule has 25 heavy (non-hydrogen) atoms. The Morgan fingerprint density at radius 1 is 1.08 bits per heavy atom. The second-order valence-electron chi connectivity index (χ2n) is 5.40. The van der Waals surface area contributed by atoms with Crippen LogP contribution < -0.4 is 5.32 Å². The zero-order chi connectivity index (χ0) is 17.8. The van der Waals surface area contributed by atoms with Gasteiger partial charge in [0, 0.05) is 38.1 Å². The predicted octanol–water partition coefficient (Wildman–Crippen LogP) is 5.08. The number of anilines is 1. The highest BCUT2D eigenvalue weighted by Gasteiger charge is 2.12. The summed E-state index contributed by atoms with van der Waals surface area (Å²) in [6.07, 6.45) is 2.50. The van der Waals surface area contributed by atoms with Crippen molar-refractivity contribution in [1.82, 2.24) is 0 Å². The van der Waals surface area contributed by atoms with Gasteiger partial charge in [0.2, 0.25) is 0 Å². The Morgan fingerprint density at radius 3 is 2.32 bits per heavy atom. The number of thiophene rings is 1. The molecule has 0 bridgehead atoms. The topological polar surface area (TPSA) is 46.2 Å². The van der Waals surface area contributed by atoms with Crippen molar-refractivity contribution in [3.8, 4) is 21.6 Å². The maximum Gasteiger partial charge on any atom is 0.139 e. The number of carbonyl (C=O) groups is 1. The number of halogens is 1. The zero-order valence-corrected chi connectivity index (χ0v) is 15.9. The van der Waals surface area contributed by atoms with Crippen LogP contribution in [0.4, 0.5) is 5.69 Å². The van der Waals surface area contributed by atoms with E-state index < -0.39 is 10.8 Å².